The molecule has 2 aliphatic rings. The molecule has 2 aromatic rings. The number of likely N-dealkylation sites (N-methyl/N-ethyl adjacent to an activating group) is 1. The van der Waals surface area contributed by atoms with E-state index in [0.29, 0.717) is 13.0 Å². The molecule has 0 spiro atoms. The van der Waals surface area contributed by atoms with Crippen LogP contribution in [0.1, 0.15) is 58.6 Å². The third-order valence-corrected chi connectivity index (χ3v) is 8.00. The van der Waals surface area contributed by atoms with Crippen molar-refractivity contribution >= 4 is 52.1 Å². The molecule has 7 nitrogen and oxygen atoms in total. The fourth-order valence-electron chi connectivity index (χ4n) is 5.21. The Labute approximate surface area is 245 Å². The number of hydrogen-bond donors (Lipinski definition) is 1. The lowest BCUT2D eigenvalue weighted by Gasteiger charge is -2.36. The lowest BCUT2D eigenvalue weighted by molar-refractivity contribution is -0.142. The maximum atomic E-state index is 13.8. The van der Waals surface area contributed by atoms with Crippen LogP contribution in [-0.2, 0) is 20.8 Å². The van der Waals surface area contributed by atoms with Gasteiger partial charge in [-0.25, -0.2) is 0 Å². The van der Waals surface area contributed by atoms with E-state index in [-0.39, 0.29) is 23.3 Å². The van der Waals surface area contributed by atoms with Crippen molar-refractivity contribution in [1.29, 1.82) is 0 Å². The van der Waals surface area contributed by atoms with Crippen LogP contribution in [-0.4, -0.2) is 53.9 Å². The van der Waals surface area contributed by atoms with Crippen LogP contribution in [0.3, 0.4) is 0 Å². The van der Waals surface area contributed by atoms with E-state index in [0.717, 1.165) is 39.0 Å². The Morgan fingerprint density at radius 1 is 1.15 bits per heavy atom. The van der Waals surface area contributed by atoms with Crippen LogP contribution in [0.25, 0.3) is 6.08 Å². The van der Waals surface area contributed by atoms with E-state index in [1.165, 1.54) is 6.08 Å². The van der Waals surface area contributed by atoms with Gasteiger partial charge < -0.3 is 19.9 Å². The number of likely N-dealkylation sites (tertiary alicyclic amines) is 1. The molecule has 0 aromatic heterocycles. The zero-order valence-corrected chi connectivity index (χ0v) is 25.7. The van der Waals surface area contributed by atoms with Crippen molar-refractivity contribution in [3.05, 3.63) is 63.2 Å². The van der Waals surface area contributed by atoms with Gasteiger partial charge in [0.2, 0.25) is 17.7 Å². The number of fused-ring (bicyclic) bond motifs is 1. The molecule has 0 radical (unpaired) electrons. The van der Waals surface area contributed by atoms with E-state index >= 15 is 0 Å². The number of carbonyl (C=O) groups is 3. The zero-order chi connectivity index (χ0) is 28.5. The van der Waals surface area contributed by atoms with Gasteiger partial charge in [0.25, 0.3) is 0 Å². The van der Waals surface area contributed by atoms with E-state index in [2.05, 4.69) is 41.8 Å². The number of amides is 3. The molecule has 2 aromatic carbocycles. The van der Waals surface area contributed by atoms with Crippen molar-refractivity contribution in [3.8, 4) is 5.75 Å². The average molecular weight is 644 g/mol. The summed E-state index contributed by atoms with van der Waals surface area (Å²) in [5.41, 5.74) is 2.02. The van der Waals surface area contributed by atoms with Gasteiger partial charge in [0, 0.05) is 35.3 Å². The van der Waals surface area contributed by atoms with Gasteiger partial charge in [-0.2, -0.15) is 0 Å². The first-order chi connectivity index (χ1) is 18.2. The normalized spacial score (nSPS) is 18.9. The Kier molecular flexibility index (Phi) is 8.44. The highest BCUT2D eigenvalue weighted by atomic mass is 127. The summed E-state index contributed by atoms with van der Waals surface area (Å²) in [6.07, 6.45) is 5.37. The number of rotatable bonds is 6. The van der Waals surface area contributed by atoms with E-state index < -0.39 is 17.5 Å². The first kappa shape index (κ1) is 29.1. The molecule has 0 unspecified atom stereocenters. The van der Waals surface area contributed by atoms with Gasteiger partial charge in [-0.05, 0) is 108 Å². The molecular weight excluding hydrogens is 605 g/mol. The molecule has 2 heterocycles. The molecule has 1 N–H and O–H groups in total. The topological polar surface area (TPSA) is 79.0 Å². The van der Waals surface area contributed by atoms with Crippen molar-refractivity contribution < 1.29 is 19.1 Å². The van der Waals surface area contributed by atoms with Crippen molar-refractivity contribution in [2.24, 2.45) is 5.41 Å². The standard InChI is InChI=1S/C31H38IN3O4/c1-30(2,3)27(33-26(36)16-10-20-9-15-25-21(18-20)19-31(4,5)39-25)29(38)35-17-7-8-24(35)28(37)34(6)23-13-11-22(32)12-14-23/h9-16,18,24,27H,7-8,17,19H2,1-6H3,(H,33,36)/b16-10+/t24-,27+/m0/s1. The molecule has 2 aliphatic heterocycles. The third kappa shape index (κ3) is 6.83. The van der Waals surface area contributed by atoms with Crippen molar-refractivity contribution in [1.82, 2.24) is 10.2 Å². The average Bonchev–Trinajstić information content (AvgIpc) is 3.47. The Bertz CT molecular complexity index is 1280. The highest BCUT2D eigenvalue weighted by molar-refractivity contribution is 14.1. The molecule has 3 amide bonds. The molecule has 8 heteroatoms. The molecule has 4 rings (SSSR count). The van der Waals surface area contributed by atoms with Crippen LogP contribution in [0.5, 0.6) is 5.75 Å². The minimum absolute atomic E-state index is 0.121. The van der Waals surface area contributed by atoms with Gasteiger partial charge in [-0.3, -0.25) is 14.4 Å². The second-order valence-corrected chi connectivity index (χ2v) is 13.4. The maximum absolute atomic E-state index is 13.8. The molecule has 0 aliphatic carbocycles. The third-order valence-electron chi connectivity index (χ3n) is 7.28. The Morgan fingerprint density at radius 3 is 2.51 bits per heavy atom. The lowest BCUT2D eigenvalue weighted by Crippen LogP contribution is -2.57. The number of carbonyl (C=O) groups excluding carboxylic acids is 3. The predicted octanol–water partition coefficient (Wildman–Crippen LogP) is 5.20. The summed E-state index contributed by atoms with van der Waals surface area (Å²) < 4.78 is 7.02. The van der Waals surface area contributed by atoms with E-state index in [1.54, 1.807) is 22.9 Å². The van der Waals surface area contributed by atoms with Crippen LogP contribution in [0.15, 0.2) is 48.5 Å². The smallest absolute Gasteiger partial charge is 0.249 e. The van der Waals surface area contributed by atoms with Crippen LogP contribution < -0.4 is 15.0 Å². The van der Waals surface area contributed by atoms with Crippen LogP contribution in [0.4, 0.5) is 5.69 Å². The van der Waals surface area contributed by atoms with Crippen molar-refractivity contribution in [3.63, 3.8) is 0 Å². The minimum atomic E-state index is -0.777. The van der Waals surface area contributed by atoms with Crippen LogP contribution >= 0.6 is 22.6 Å². The van der Waals surface area contributed by atoms with Gasteiger partial charge in [0.1, 0.15) is 23.4 Å². The molecule has 39 heavy (non-hydrogen) atoms. The van der Waals surface area contributed by atoms with Crippen LogP contribution in [0.2, 0.25) is 0 Å². The Hall–Kier alpha value is -2.88. The minimum Gasteiger partial charge on any atom is -0.487 e. The summed E-state index contributed by atoms with van der Waals surface area (Å²) in [5, 5.41) is 2.93. The number of ether oxygens (including phenoxy) is 1. The van der Waals surface area contributed by atoms with E-state index in [9.17, 15) is 14.4 Å². The van der Waals surface area contributed by atoms with Gasteiger partial charge in [-0.15, -0.1) is 0 Å². The van der Waals surface area contributed by atoms with Gasteiger partial charge in [-0.1, -0.05) is 26.8 Å². The first-order valence-electron chi connectivity index (χ1n) is 13.4. The lowest BCUT2D eigenvalue weighted by atomic mass is 9.85. The Balaban J connectivity index is 1.46. The van der Waals surface area contributed by atoms with E-state index in [4.69, 9.17) is 4.74 Å². The predicted molar refractivity (Wildman–Crippen MR) is 163 cm³/mol. The molecule has 0 bridgehead atoms. The van der Waals surface area contributed by atoms with Crippen LogP contribution in [0, 0.1) is 8.99 Å². The van der Waals surface area contributed by atoms with E-state index in [1.807, 2.05) is 63.2 Å². The molecule has 1 fully saturated rings. The number of halogens is 1. The largest absolute Gasteiger partial charge is 0.487 e. The number of anilines is 1. The summed E-state index contributed by atoms with van der Waals surface area (Å²) in [7, 11) is 1.74. The summed E-state index contributed by atoms with van der Waals surface area (Å²) in [6, 6.07) is 12.3. The van der Waals surface area contributed by atoms with Gasteiger partial charge in [0.15, 0.2) is 0 Å². The monoisotopic (exact) mass is 643 g/mol. The number of nitrogens with zero attached hydrogens (tertiary/aromatic N) is 2. The summed E-state index contributed by atoms with van der Waals surface area (Å²) in [6.45, 7) is 10.4. The highest BCUT2D eigenvalue weighted by Crippen LogP contribution is 2.35. The molecule has 2 atom stereocenters. The highest BCUT2D eigenvalue weighted by Gasteiger charge is 2.42. The molecule has 0 saturated carbocycles. The Morgan fingerprint density at radius 2 is 1.85 bits per heavy atom. The summed E-state index contributed by atoms with van der Waals surface area (Å²) in [5.74, 6) is 0.179. The fourth-order valence-corrected chi connectivity index (χ4v) is 5.57. The zero-order valence-electron chi connectivity index (χ0n) is 23.6. The summed E-state index contributed by atoms with van der Waals surface area (Å²) >= 11 is 2.23. The molecule has 1 saturated heterocycles. The van der Waals surface area contributed by atoms with Crippen molar-refractivity contribution in [2.75, 3.05) is 18.5 Å². The number of hydrogen-bond acceptors (Lipinski definition) is 4. The SMILES string of the molecule is CN(C(=O)[C@@H]1CCCN1C(=O)[C@@H](NC(=O)/C=C/c1ccc2c(c1)CC(C)(C)O2)C(C)(C)C)c1ccc(I)cc1. The first-order valence-corrected chi connectivity index (χ1v) is 14.5. The molecular formula is C31H38IN3O4. The van der Waals surface area contributed by atoms with Crippen molar-refractivity contribution in [2.45, 2.75) is 71.6 Å². The van der Waals surface area contributed by atoms with Gasteiger partial charge >= 0.3 is 0 Å². The number of nitrogens with one attached hydrogen (secondary N) is 1. The second kappa shape index (κ2) is 11.3. The second-order valence-electron chi connectivity index (χ2n) is 12.1. The van der Waals surface area contributed by atoms with Gasteiger partial charge in [0.05, 0.1) is 0 Å². The summed E-state index contributed by atoms with van der Waals surface area (Å²) in [4.78, 5) is 43.5. The maximum Gasteiger partial charge on any atom is 0.249 e. The molecule has 208 valence electrons. The quantitative estimate of drug-likeness (QED) is 0.347. The number of benzene rings is 2. The fraction of sp³-hybridized carbons (Fsp3) is 0.452.